The molecule has 9 aromatic carbocycles. The Bertz CT molecular complexity index is 3100. The molecule has 0 aliphatic heterocycles. The van der Waals surface area contributed by atoms with Crippen molar-refractivity contribution in [2.45, 2.75) is 0 Å². The fraction of sp³-hybridized carbons (Fsp3) is 0. The standard InChI is InChI=1S/C54H36N2/c1-2-16-41(17-3-1)54-49-23-9-11-27-51(49)56-50-26-10-8-22-48(50)52(36-53(54)56)55(42-32-28-39(29-33-42)46-24-12-18-37-14-4-6-20-44(37)46)43-34-30-40(31-35-43)47-25-13-19-38-15-5-7-21-45(38)47/h1-36H. The molecular formula is C54H36N2. The Morgan fingerprint density at radius 3 is 1.32 bits per heavy atom. The molecule has 0 bridgehead atoms. The Morgan fingerprint density at radius 2 is 0.750 bits per heavy atom. The van der Waals surface area contributed by atoms with E-state index in [1.54, 1.807) is 0 Å². The number of nitrogens with zero attached hydrogens (tertiary/aromatic N) is 2. The summed E-state index contributed by atoms with van der Waals surface area (Å²) >= 11 is 0. The third-order valence-corrected chi connectivity index (χ3v) is 11.4. The molecule has 56 heavy (non-hydrogen) atoms. The Labute approximate surface area is 325 Å². The highest BCUT2D eigenvalue weighted by molar-refractivity contribution is 6.12. The summed E-state index contributed by atoms with van der Waals surface area (Å²) in [7, 11) is 0. The Morgan fingerprint density at radius 1 is 0.304 bits per heavy atom. The third-order valence-electron chi connectivity index (χ3n) is 11.4. The van der Waals surface area contributed by atoms with Gasteiger partial charge in [0, 0.05) is 27.7 Å². The number of hydrogen-bond acceptors (Lipinski definition) is 1. The Kier molecular flexibility index (Phi) is 7.53. The van der Waals surface area contributed by atoms with E-state index >= 15 is 0 Å². The summed E-state index contributed by atoms with van der Waals surface area (Å²) in [5.74, 6) is 0. The molecule has 2 heteroatoms. The van der Waals surface area contributed by atoms with E-state index in [0.29, 0.717) is 0 Å². The van der Waals surface area contributed by atoms with E-state index in [1.807, 2.05) is 0 Å². The molecule has 0 fully saturated rings. The quantitative estimate of drug-likeness (QED) is 0.167. The number of hydrogen-bond donors (Lipinski definition) is 0. The van der Waals surface area contributed by atoms with Gasteiger partial charge in [-0.25, -0.2) is 0 Å². The van der Waals surface area contributed by atoms with Gasteiger partial charge in [0.1, 0.15) is 0 Å². The lowest BCUT2D eigenvalue weighted by Crippen LogP contribution is -2.11. The average molecular weight is 713 g/mol. The van der Waals surface area contributed by atoms with Crippen molar-refractivity contribution in [2.75, 3.05) is 4.90 Å². The molecule has 11 aromatic rings. The number of aromatic nitrogens is 1. The monoisotopic (exact) mass is 712 g/mol. The second-order valence-corrected chi connectivity index (χ2v) is 14.5. The summed E-state index contributed by atoms with van der Waals surface area (Å²) in [6, 6.07) is 79.5. The number of fused-ring (bicyclic) bond motifs is 7. The zero-order chi connectivity index (χ0) is 37.0. The maximum absolute atomic E-state index is 2.45. The number of pyridine rings is 1. The first-order chi connectivity index (χ1) is 27.8. The lowest BCUT2D eigenvalue weighted by molar-refractivity contribution is 1.27. The second-order valence-electron chi connectivity index (χ2n) is 14.5. The van der Waals surface area contributed by atoms with Crippen molar-refractivity contribution in [3.05, 3.63) is 218 Å². The van der Waals surface area contributed by atoms with Crippen molar-refractivity contribution in [2.24, 2.45) is 0 Å². The fourth-order valence-corrected chi connectivity index (χ4v) is 8.80. The van der Waals surface area contributed by atoms with E-state index in [9.17, 15) is 0 Å². The summed E-state index contributed by atoms with van der Waals surface area (Å²) in [5.41, 5.74) is 14.2. The van der Waals surface area contributed by atoms with Crippen LogP contribution in [0.5, 0.6) is 0 Å². The van der Waals surface area contributed by atoms with Crippen molar-refractivity contribution >= 4 is 65.9 Å². The van der Waals surface area contributed by atoms with Gasteiger partial charge in [0.2, 0.25) is 0 Å². The van der Waals surface area contributed by atoms with Gasteiger partial charge in [-0.15, -0.1) is 0 Å². The van der Waals surface area contributed by atoms with Crippen molar-refractivity contribution in [1.29, 1.82) is 0 Å². The van der Waals surface area contributed by atoms with Gasteiger partial charge < -0.3 is 9.30 Å². The van der Waals surface area contributed by atoms with Crippen LogP contribution in [0.25, 0.3) is 82.2 Å². The first-order valence-corrected chi connectivity index (χ1v) is 19.3. The molecule has 0 aliphatic carbocycles. The Hall–Kier alpha value is -7.42. The molecule has 0 unspecified atom stereocenters. The molecule has 2 aromatic heterocycles. The van der Waals surface area contributed by atoms with E-state index in [2.05, 4.69) is 228 Å². The van der Waals surface area contributed by atoms with Crippen LogP contribution in [0.2, 0.25) is 0 Å². The van der Waals surface area contributed by atoms with Crippen LogP contribution >= 0.6 is 0 Å². The SMILES string of the molecule is c1ccc(-c2c3ccccc3n3c2cc(N(c2ccc(-c4cccc5ccccc45)cc2)c2ccc(-c4cccc5ccccc45)cc2)c2ccccc23)cc1. The van der Waals surface area contributed by atoms with Crippen LogP contribution in [0.4, 0.5) is 17.1 Å². The lowest BCUT2D eigenvalue weighted by Gasteiger charge is -2.28. The van der Waals surface area contributed by atoms with Crippen LogP contribution in [-0.4, -0.2) is 4.40 Å². The topological polar surface area (TPSA) is 7.65 Å². The first kappa shape index (κ1) is 32.0. The highest BCUT2D eigenvalue weighted by Gasteiger charge is 2.22. The van der Waals surface area contributed by atoms with Crippen molar-refractivity contribution in [3.63, 3.8) is 0 Å². The highest BCUT2D eigenvalue weighted by Crippen LogP contribution is 2.45. The molecule has 2 nitrogen and oxygen atoms in total. The summed E-state index contributed by atoms with van der Waals surface area (Å²) in [5, 5.41) is 7.43. The predicted octanol–water partition coefficient (Wildman–Crippen LogP) is 15.0. The minimum atomic E-state index is 1.10. The predicted molar refractivity (Wildman–Crippen MR) is 238 cm³/mol. The van der Waals surface area contributed by atoms with Gasteiger partial charge in [-0.05, 0) is 91.8 Å². The maximum atomic E-state index is 2.45. The van der Waals surface area contributed by atoms with E-state index in [-0.39, 0.29) is 0 Å². The van der Waals surface area contributed by atoms with E-state index in [0.717, 1.165) is 17.1 Å². The maximum Gasteiger partial charge on any atom is 0.0576 e. The first-order valence-electron chi connectivity index (χ1n) is 19.3. The van der Waals surface area contributed by atoms with Gasteiger partial charge in [0.25, 0.3) is 0 Å². The molecule has 262 valence electrons. The molecule has 0 N–H and O–H groups in total. The number of anilines is 3. The van der Waals surface area contributed by atoms with Crippen LogP contribution in [0.15, 0.2) is 218 Å². The van der Waals surface area contributed by atoms with Crippen LogP contribution in [0.3, 0.4) is 0 Å². The van der Waals surface area contributed by atoms with Crippen molar-refractivity contribution < 1.29 is 0 Å². The largest absolute Gasteiger partial charge is 0.310 e. The van der Waals surface area contributed by atoms with Crippen LogP contribution in [0.1, 0.15) is 0 Å². The third kappa shape index (κ3) is 5.19. The van der Waals surface area contributed by atoms with E-state index in [4.69, 9.17) is 0 Å². The lowest BCUT2D eigenvalue weighted by atomic mass is 9.97. The molecule has 0 spiro atoms. The van der Waals surface area contributed by atoms with Gasteiger partial charge >= 0.3 is 0 Å². The normalized spacial score (nSPS) is 11.6. The highest BCUT2D eigenvalue weighted by atomic mass is 15.1. The van der Waals surface area contributed by atoms with Crippen LogP contribution in [-0.2, 0) is 0 Å². The molecule has 0 saturated carbocycles. The number of para-hydroxylation sites is 2. The van der Waals surface area contributed by atoms with Gasteiger partial charge in [-0.3, -0.25) is 0 Å². The molecule has 0 atom stereocenters. The van der Waals surface area contributed by atoms with Gasteiger partial charge in [0.15, 0.2) is 0 Å². The molecule has 0 amide bonds. The minimum absolute atomic E-state index is 1.10. The number of rotatable bonds is 6. The smallest absolute Gasteiger partial charge is 0.0576 e. The fourth-order valence-electron chi connectivity index (χ4n) is 8.80. The van der Waals surface area contributed by atoms with E-state index in [1.165, 1.54) is 82.2 Å². The molecule has 0 saturated heterocycles. The zero-order valence-corrected chi connectivity index (χ0v) is 30.7. The zero-order valence-electron chi connectivity index (χ0n) is 30.7. The van der Waals surface area contributed by atoms with E-state index < -0.39 is 0 Å². The summed E-state index contributed by atoms with van der Waals surface area (Å²) in [6.07, 6.45) is 0. The summed E-state index contributed by atoms with van der Waals surface area (Å²) in [6.45, 7) is 0. The second kappa shape index (κ2) is 13.2. The molecule has 0 radical (unpaired) electrons. The van der Waals surface area contributed by atoms with Crippen molar-refractivity contribution in [3.8, 4) is 33.4 Å². The molecule has 0 aliphatic rings. The summed E-state index contributed by atoms with van der Waals surface area (Å²) in [4.78, 5) is 2.44. The Balaban J connectivity index is 1.15. The van der Waals surface area contributed by atoms with Crippen LogP contribution in [0, 0.1) is 0 Å². The molecule has 2 heterocycles. The van der Waals surface area contributed by atoms with Gasteiger partial charge in [-0.2, -0.15) is 0 Å². The number of benzene rings is 9. The van der Waals surface area contributed by atoms with Gasteiger partial charge in [-0.1, -0.05) is 176 Å². The molecular weight excluding hydrogens is 677 g/mol. The average Bonchev–Trinajstić information content (AvgIpc) is 3.61. The van der Waals surface area contributed by atoms with Crippen molar-refractivity contribution in [1.82, 2.24) is 4.40 Å². The summed E-state index contributed by atoms with van der Waals surface area (Å²) < 4.78 is 2.45. The molecule has 11 rings (SSSR count). The van der Waals surface area contributed by atoms with Gasteiger partial charge in [0.05, 0.1) is 22.2 Å². The minimum Gasteiger partial charge on any atom is -0.310 e. The van der Waals surface area contributed by atoms with Crippen LogP contribution < -0.4 is 4.90 Å².